The van der Waals surface area contributed by atoms with Gasteiger partial charge in [-0.1, -0.05) is 56.2 Å². The highest BCUT2D eigenvalue weighted by Crippen LogP contribution is 2.65. The Labute approximate surface area is 294 Å². The number of hydrogen-bond acceptors (Lipinski definition) is 8. The molecular weight excluding hydrogens is 632 g/mol. The number of piperidine rings is 1. The summed E-state index contributed by atoms with van der Waals surface area (Å²) in [4.78, 5) is 28.6. The molecule has 50 heavy (non-hydrogen) atoms. The van der Waals surface area contributed by atoms with Gasteiger partial charge in [0.2, 0.25) is 0 Å². The molecule has 9 heteroatoms. The van der Waals surface area contributed by atoms with E-state index < -0.39 is 18.2 Å². The molecule has 2 aliphatic heterocycles. The predicted molar refractivity (Wildman–Crippen MR) is 189 cm³/mol. The normalized spacial score (nSPS) is 28.3. The molecule has 5 aliphatic rings. The van der Waals surface area contributed by atoms with Gasteiger partial charge in [0.15, 0.2) is 11.5 Å². The summed E-state index contributed by atoms with van der Waals surface area (Å²) in [6, 6.07) is 20.5. The van der Waals surface area contributed by atoms with Crippen LogP contribution in [0.25, 0.3) is 0 Å². The molecule has 3 aliphatic carbocycles. The lowest BCUT2D eigenvalue weighted by Crippen LogP contribution is -2.69. The first kappa shape index (κ1) is 33.2. The maximum Gasteiger partial charge on any atom is 0.417 e. The minimum Gasteiger partial charge on any atom is -0.483 e. The predicted octanol–water partition coefficient (Wildman–Crippen LogP) is 6.90. The van der Waals surface area contributed by atoms with E-state index in [-0.39, 0.29) is 30.1 Å². The Morgan fingerprint density at radius 3 is 2.62 bits per heavy atom. The van der Waals surface area contributed by atoms with Gasteiger partial charge in [-0.15, -0.1) is 0 Å². The Balaban J connectivity index is 1.02. The molecule has 3 aromatic carbocycles. The van der Waals surface area contributed by atoms with Crippen molar-refractivity contribution in [2.45, 2.75) is 94.7 Å². The van der Waals surface area contributed by atoms with Gasteiger partial charge in [0, 0.05) is 42.3 Å². The van der Waals surface area contributed by atoms with Gasteiger partial charge in [0.1, 0.15) is 18.8 Å². The molecule has 4 unspecified atom stereocenters. The number of rotatable bonds is 12. The van der Waals surface area contributed by atoms with E-state index in [1.54, 1.807) is 31.4 Å². The second kappa shape index (κ2) is 13.7. The van der Waals surface area contributed by atoms with Gasteiger partial charge in [-0.3, -0.25) is 10.2 Å². The van der Waals surface area contributed by atoms with Crippen molar-refractivity contribution in [3.8, 4) is 11.5 Å². The Morgan fingerprint density at radius 1 is 1.08 bits per heavy atom. The molecule has 2 bridgehead atoms. The summed E-state index contributed by atoms with van der Waals surface area (Å²) in [7, 11) is 1.75. The zero-order valence-electron chi connectivity index (χ0n) is 29.0. The van der Waals surface area contributed by atoms with E-state index in [0.717, 1.165) is 63.1 Å². The van der Waals surface area contributed by atoms with E-state index in [1.165, 1.54) is 24.0 Å². The van der Waals surface area contributed by atoms with Crippen molar-refractivity contribution in [3.63, 3.8) is 0 Å². The second-order valence-corrected chi connectivity index (χ2v) is 15.0. The molecule has 1 spiro atoms. The van der Waals surface area contributed by atoms with Crippen LogP contribution in [0.5, 0.6) is 11.5 Å². The summed E-state index contributed by atoms with van der Waals surface area (Å²) < 4.78 is 24.7. The van der Waals surface area contributed by atoms with Crippen molar-refractivity contribution in [1.29, 1.82) is 0 Å². The zero-order valence-corrected chi connectivity index (χ0v) is 29.0. The molecule has 8 rings (SSSR count). The Hall–Kier alpha value is -3.92. The number of aliphatic hydroxyl groups excluding tert-OH is 1. The van der Waals surface area contributed by atoms with Crippen LogP contribution in [0.2, 0.25) is 0 Å². The molecule has 264 valence electrons. The molecule has 3 fully saturated rings. The number of ether oxygens (including phenoxy) is 4. The first-order valence-electron chi connectivity index (χ1n) is 18.5. The molecule has 2 N–H and O–H groups in total. The fourth-order valence-electron chi connectivity index (χ4n) is 9.57. The van der Waals surface area contributed by atoms with Crippen molar-refractivity contribution in [1.82, 2.24) is 4.90 Å². The van der Waals surface area contributed by atoms with Crippen molar-refractivity contribution in [2.75, 3.05) is 25.5 Å². The van der Waals surface area contributed by atoms with Gasteiger partial charge in [-0.25, -0.2) is 9.59 Å². The fraction of sp³-hybridized carbons (Fsp3) is 0.512. The number of benzene rings is 3. The van der Waals surface area contributed by atoms with Crippen LogP contribution in [-0.4, -0.2) is 66.6 Å². The lowest BCUT2D eigenvalue weighted by atomic mass is 9.49. The number of esters is 1. The number of nitrogens with one attached hydrogen (secondary N) is 1. The molecular formula is C41H48N2O7. The van der Waals surface area contributed by atoms with E-state index in [4.69, 9.17) is 18.9 Å². The Kier molecular flexibility index (Phi) is 9.08. The third-order valence-electron chi connectivity index (χ3n) is 12.1. The van der Waals surface area contributed by atoms with Gasteiger partial charge in [-0.2, -0.15) is 0 Å². The largest absolute Gasteiger partial charge is 0.483 e. The quantitative estimate of drug-likeness (QED) is 0.199. The lowest BCUT2D eigenvalue weighted by molar-refractivity contribution is -0.162. The molecule has 0 radical (unpaired) electrons. The van der Waals surface area contributed by atoms with Crippen LogP contribution in [0, 0.1) is 17.8 Å². The van der Waals surface area contributed by atoms with Crippen molar-refractivity contribution < 1.29 is 33.6 Å². The third-order valence-corrected chi connectivity index (χ3v) is 12.1. The minimum absolute atomic E-state index is 0.0276. The highest BCUT2D eigenvalue weighted by molar-refractivity contribution is 5.91. The van der Waals surface area contributed by atoms with Crippen molar-refractivity contribution >= 4 is 17.7 Å². The van der Waals surface area contributed by atoms with E-state index >= 15 is 0 Å². The molecule has 1 amide bonds. The molecule has 1 saturated heterocycles. The number of aliphatic hydroxyl groups is 1. The van der Waals surface area contributed by atoms with Crippen molar-refractivity contribution in [3.05, 3.63) is 89.0 Å². The first-order chi connectivity index (χ1) is 24.4. The SMILES string of the molecule is CCCCC(O)[C@H]1CC2C3Cc4ccc(OC(=O)Nc5ccc(C(=O)OCc6ccccc6)cc5)c5c4[C@@]2(CCN3CC2CC2)[C@@H](O5)C1OC. The fourth-order valence-corrected chi connectivity index (χ4v) is 9.57. The van der Waals surface area contributed by atoms with Crippen LogP contribution in [0.1, 0.15) is 78.9 Å². The number of carbonyl (C=O) groups excluding carboxylic acids is 2. The number of anilines is 1. The van der Waals surface area contributed by atoms with Crippen LogP contribution in [0.15, 0.2) is 66.7 Å². The number of hydrogen-bond donors (Lipinski definition) is 2. The highest BCUT2D eigenvalue weighted by atomic mass is 16.6. The third kappa shape index (κ3) is 5.97. The lowest BCUT2D eigenvalue weighted by Gasteiger charge is -2.61. The van der Waals surface area contributed by atoms with Gasteiger partial charge in [0.25, 0.3) is 0 Å². The zero-order chi connectivity index (χ0) is 34.4. The Bertz CT molecular complexity index is 1710. The van der Waals surface area contributed by atoms with Crippen molar-refractivity contribution in [2.24, 2.45) is 17.8 Å². The molecule has 9 nitrogen and oxygen atoms in total. The summed E-state index contributed by atoms with van der Waals surface area (Å²) in [5.41, 5.74) is 3.99. The van der Waals surface area contributed by atoms with E-state index in [0.29, 0.717) is 34.7 Å². The van der Waals surface area contributed by atoms with Crippen LogP contribution < -0.4 is 14.8 Å². The number of methoxy groups -OCH3 is 1. The van der Waals surface area contributed by atoms with E-state index in [9.17, 15) is 14.7 Å². The number of likely N-dealkylation sites (tertiary alicyclic amines) is 1. The molecule has 2 saturated carbocycles. The van der Waals surface area contributed by atoms with Crippen LogP contribution in [0.3, 0.4) is 0 Å². The minimum atomic E-state index is -0.641. The highest BCUT2D eigenvalue weighted by Gasteiger charge is 2.68. The number of nitrogens with zero attached hydrogens (tertiary/aromatic N) is 1. The summed E-state index contributed by atoms with van der Waals surface area (Å²) in [6.45, 7) is 4.51. The maximum absolute atomic E-state index is 13.3. The van der Waals surface area contributed by atoms with Gasteiger partial charge < -0.3 is 24.1 Å². The average molecular weight is 681 g/mol. The van der Waals surface area contributed by atoms with Gasteiger partial charge in [-0.05, 0) is 98.4 Å². The van der Waals surface area contributed by atoms with Crippen LogP contribution in [0.4, 0.5) is 10.5 Å². The Morgan fingerprint density at radius 2 is 1.88 bits per heavy atom. The maximum atomic E-state index is 13.3. The topological polar surface area (TPSA) is 107 Å². The molecule has 0 aromatic heterocycles. The average Bonchev–Trinajstić information content (AvgIpc) is 3.89. The summed E-state index contributed by atoms with van der Waals surface area (Å²) >= 11 is 0. The second-order valence-electron chi connectivity index (χ2n) is 15.0. The molecule has 3 aromatic rings. The van der Waals surface area contributed by atoms with Gasteiger partial charge >= 0.3 is 12.1 Å². The smallest absolute Gasteiger partial charge is 0.417 e. The number of amides is 1. The summed E-state index contributed by atoms with van der Waals surface area (Å²) in [5, 5.41) is 14.3. The van der Waals surface area contributed by atoms with Crippen LogP contribution in [-0.2, 0) is 27.9 Å². The summed E-state index contributed by atoms with van der Waals surface area (Å²) in [5.74, 6) is 1.69. The van der Waals surface area contributed by atoms with E-state index in [2.05, 4.69) is 23.2 Å². The van der Waals surface area contributed by atoms with E-state index in [1.807, 2.05) is 36.4 Å². The number of unbranched alkanes of at least 4 members (excludes halogenated alkanes) is 1. The van der Waals surface area contributed by atoms with Crippen LogP contribution >= 0.6 is 0 Å². The summed E-state index contributed by atoms with van der Waals surface area (Å²) in [6.07, 6.45) is 6.56. The molecule has 2 heterocycles. The number of carbonyl (C=O) groups is 2. The molecule has 7 atom stereocenters. The van der Waals surface area contributed by atoms with Gasteiger partial charge in [0.05, 0.1) is 11.7 Å². The standard InChI is InChI=1S/C41H48N2O7/c1-3-4-10-33(44)30-22-31-32-21-28-15-18-34(37-35(28)41(31,38(50-37)36(30)47-2)19-20-43(32)23-25-11-12-25)49-40(46)42-29-16-13-27(14-17-29)39(45)48-24-26-8-6-5-7-9-26/h5-9,13-18,25,30-33,36,38,44H,3-4,10-12,19-24H2,1-2H3,(H,42,46)/t30-,31?,32?,33?,36?,38+,41+/m1/s1. The monoisotopic (exact) mass is 680 g/mol. The first-order valence-corrected chi connectivity index (χ1v) is 18.5.